The maximum atomic E-state index is 5.54. The van der Waals surface area contributed by atoms with E-state index in [9.17, 15) is 0 Å². The minimum Gasteiger partial charge on any atom is -0.381 e. The van der Waals surface area contributed by atoms with E-state index in [4.69, 9.17) is 10.3 Å². The summed E-state index contributed by atoms with van der Waals surface area (Å²) in [5.41, 5.74) is 7.77. The van der Waals surface area contributed by atoms with Gasteiger partial charge in [0, 0.05) is 16.1 Å². The SMILES string of the molecule is CC(C)c1cc(Br)cc(-c2cc(N)no2)c1. The first-order valence-corrected chi connectivity index (χ1v) is 5.88. The first kappa shape index (κ1) is 11.2. The largest absolute Gasteiger partial charge is 0.381 e. The molecular formula is C12H13BrN2O. The molecule has 16 heavy (non-hydrogen) atoms. The summed E-state index contributed by atoms with van der Waals surface area (Å²) in [6.07, 6.45) is 0. The van der Waals surface area contributed by atoms with Crippen molar-refractivity contribution in [1.29, 1.82) is 0 Å². The van der Waals surface area contributed by atoms with Crippen molar-refractivity contribution in [2.75, 3.05) is 5.73 Å². The minimum atomic E-state index is 0.404. The third-order valence-corrected chi connectivity index (χ3v) is 2.86. The highest BCUT2D eigenvalue weighted by Crippen LogP contribution is 2.29. The van der Waals surface area contributed by atoms with Crippen molar-refractivity contribution in [2.24, 2.45) is 0 Å². The molecule has 2 aromatic rings. The van der Waals surface area contributed by atoms with E-state index in [0.717, 1.165) is 10.0 Å². The lowest BCUT2D eigenvalue weighted by atomic mass is 10.00. The van der Waals surface area contributed by atoms with Crippen LogP contribution in [-0.2, 0) is 0 Å². The van der Waals surface area contributed by atoms with Crippen molar-refractivity contribution >= 4 is 21.7 Å². The molecule has 4 heteroatoms. The number of nitrogen functional groups attached to an aromatic ring is 1. The number of nitrogens with two attached hydrogens (primary N) is 1. The molecule has 0 atom stereocenters. The maximum absolute atomic E-state index is 5.54. The molecule has 1 aromatic carbocycles. The summed E-state index contributed by atoms with van der Waals surface area (Å²) in [6, 6.07) is 7.92. The molecule has 0 saturated carbocycles. The molecule has 1 heterocycles. The molecule has 0 aliphatic rings. The van der Waals surface area contributed by atoms with Crippen molar-refractivity contribution in [3.8, 4) is 11.3 Å². The van der Waals surface area contributed by atoms with Crippen molar-refractivity contribution in [3.05, 3.63) is 34.3 Å². The van der Waals surface area contributed by atoms with Gasteiger partial charge in [-0.2, -0.15) is 0 Å². The molecular weight excluding hydrogens is 268 g/mol. The Morgan fingerprint density at radius 2 is 2.00 bits per heavy atom. The second-order valence-electron chi connectivity index (χ2n) is 4.04. The molecule has 0 saturated heterocycles. The summed E-state index contributed by atoms with van der Waals surface area (Å²) < 4.78 is 6.18. The molecule has 3 nitrogen and oxygen atoms in total. The highest BCUT2D eigenvalue weighted by molar-refractivity contribution is 9.10. The molecule has 2 rings (SSSR count). The highest BCUT2D eigenvalue weighted by atomic mass is 79.9. The van der Waals surface area contributed by atoms with Crippen LogP contribution in [-0.4, -0.2) is 5.16 Å². The Balaban J connectivity index is 2.49. The summed E-state index contributed by atoms with van der Waals surface area (Å²) in [7, 11) is 0. The Bertz CT molecular complexity index is 505. The van der Waals surface area contributed by atoms with Gasteiger partial charge in [-0.15, -0.1) is 0 Å². The first-order valence-electron chi connectivity index (χ1n) is 5.09. The monoisotopic (exact) mass is 280 g/mol. The zero-order chi connectivity index (χ0) is 11.7. The van der Waals surface area contributed by atoms with Crippen LogP contribution in [0.25, 0.3) is 11.3 Å². The number of hydrogen-bond donors (Lipinski definition) is 1. The number of halogens is 1. The first-order chi connectivity index (χ1) is 7.56. The van der Waals surface area contributed by atoms with E-state index in [-0.39, 0.29) is 0 Å². The molecule has 84 valence electrons. The molecule has 2 N–H and O–H groups in total. The molecule has 0 aliphatic heterocycles. The number of aromatic nitrogens is 1. The second-order valence-corrected chi connectivity index (χ2v) is 4.96. The zero-order valence-electron chi connectivity index (χ0n) is 9.20. The highest BCUT2D eigenvalue weighted by Gasteiger charge is 2.08. The van der Waals surface area contributed by atoms with Crippen molar-refractivity contribution in [2.45, 2.75) is 19.8 Å². The number of anilines is 1. The third kappa shape index (κ3) is 2.27. The number of nitrogens with zero attached hydrogens (tertiary/aromatic N) is 1. The fourth-order valence-electron chi connectivity index (χ4n) is 1.51. The van der Waals surface area contributed by atoms with Gasteiger partial charge >= 0.3 is 0 Å². The van der Waals surface area contributed by atoms with Gasteiger partial charge in [-0.25, -0.2) is 0 Å². The molecule has 0 fully saturated rings. The number of benzene rings is 1. The lowest BCUT2D eigenvalue weighted by molar-refractivity contribution is 0.436. The van der Waals surface area contributed by atoms with E-state index in [1.54, 1.807) is 6.07 Å². The topological polar surface area (TPSA) is 52.0 Å². The smallest absolute Gasteiger partial charge is 0.169 e. The molecule has 1 aromatic heterocycles. The average Bonchev–Trinajstić information content (AvgIpc) is 2.64. The van der Waals surface area contributed by atoms with Crippen LogP contribution in [0.5, 0.6) is 0 Å². The molecule has 0 bridgehead atoms. The van der Waals surface area contributed by atoms with Gasteiger partial charge in [0.2, 0.25) is 0 Å². The second kappa shape index (κ2) is 4.29. The number of hydrogen-bond acceptors (Lipinski definition) is 3. The predicted octanol–water partition coefficient (Wildman–Crippen LogP) is 3.81. The summed E-state index contributed by atoms with van der Waals surface area (Å²) >= 11 is 3.49. The Hall–Kier alpha value is -1.29. The molecule has 0 aliphatic carbocycles. The lowest BCUT2D eigenvalue weighted by Crippen LogP contribution is -1.88. The van der Waals surface area contributed by atoms with Gasteiger partial charge in [0.25, 0.3) is 0 Å². The van der Waals surface area contributed by atoms with Crippen LogP contribution < -0.4 is 5.73 Å². The van der Waals surface area contributed by atoms with Crippen LogP contribution in [0, 0.1) is 0 Å². The van der Waals surface area contributed by atoms with Crippen molar-refractivity contribution in [1.82, 2.24) is 5.16 Å². The fourth-order valence-corrected chi connectivity index (χ4v) is 2.02. The van der Waals surface area contributed by atoms with Crippen molar-refractivity contribution in [3.63, 3.8) is 0 Å². The summed E-state index contributed by atoms with van der Waals surface area (Å²) in [5, 5.41) is 3.68. The van der Waals surface area contributed by atoms with E-state index in [0.29, 0.717) is 17.5 Å². The third-order valence-electron chi connectivity index (χ3n) is 2.40. The summed E-state index contributed by atoms with van der Waals surface area (Å²) in [6.45, 7) is 4.31. The Labute approximate surface area is 103 Å². The van der Waals surface area contributed by atoms with Crippen LogP contribution in [0.1, 0.15) is 25.3 Å². The van der Waals surface area contributed by atoms with Gasteiger partial charge in [0.05, 0.1) is 0 Å². The van der Waals surface area contributed by atoms with Crippen LogP contribution in [0.15, 0.2) is 33.3 Å². The van der Waals surface area contributed by atoms with Gasteiger partial charge in [-0.05, 0) is 29.7 Å². The summed E-state index contributed by atoms with van der Waals surface area (Å²) in [4.78, 5) is 0. The minimum absolute atomic E-state index is 0.404. The summed E-state index contributed by atoms with van der Waals surface area (Å²) in [5.74, 6) is 1.57. The van der Waals surface area contributed by atoms with Gasteiger partial charge in [-0.3, -0.25) is 0 Å². The van der Waals surface area contributed by atoms with Gasteiger partial charge < -0.3 is 10.3 Å². The predicted molar refractivity (Wildman–Crippen MR) is 68.1 cm³/mol. The van der Waals surface area contributed by atoms with E-state index in [2.05, 4.69) is 47.1 Å². The van der Waals surface area contributed by atoms with E-state index < -0.39 is 0 Å². The Kier molecular flexibility index (Phi) is 3.01. The normalized spacial score (nSPS) is 11.0. The van der Waals surface area contributed by atoms with Gasteiger partial charge in [0.1, 0.15) is 0 Å². The van der Waals surface area contributed by atoms with E-state index in [1.165, 1.54) is 5.56 Å². The molecule has 0 radical (unpaired) electrons. The van der Waals surface area contributed by atoms with Crippen molar-refractivity contribution < 1.29 is 4.52 Å². The molecule has 0 spiro atoms. The Morgan fingerprint density at radius 3 is 2.56 bits per heavy atom. The maximum Gasteiger partial charge on any atom is 0.169 e. The van der Waals surface area contributed by atoms with Crippen LogP contribution in [0.2, 0.25) is 0 Å². The zero-order valence-corrected chi connectivity index (χ0v) is 10.8. The van der Waals surface area contributed by atoms with E-state index >= 15 is 0 Å². The molecule has 0 amide bonds. The van der Waals surface area contributed by atoms with Crippen LogP contribution >= 0.6 is 15.9 Å². The van der Waals surface area contributed by atoms with E-state index in [1.807, 2.05) is 6.07 Å². The lowest BCUT2D eigenvalue weighted by Gasteiger charge is -2.07. The number of rotatable bonds is 2. The van der Waals surface area contributed by atoms with Gasteiger partial charge in [0.15, 0.2) is 11.6 Å². The standard InChI is InChI=1S/C12H13BrN2O/c1-7(2)8-3-9(5-10(13)4-8)11-6-12(14)15-16-11/h3-7H,1-2H3,(H2,14,15). The molecule has 0 unspecified atom stereocenters. The van der Waals surface area contributed by atoms with Gasteiger partial charge in [-0.1, -0.05) is 34.9 Å². The Morgan fingerprint density at radius 1 is 1.25 bits per heavy atom. The average molecular weight is 281 g/mol. The fraction of sp³-hybridized carbons (Fsp3) is 0.250. The van der Waals surface area contributed by atoms with Crippen LogP contribution in [0.4, 0.5) is 5.82 Å². The quantitative estimate of drug-likeness (QED) is 0.910. The van der Waals surface area contributed by atoms with Crippen LogP contribution in [0.3, 0.4) is 0 Å².